The molecule has 0 aromatic carbocycles. The van der Waals surface area contributed by atoms with Gasteiger partial charge >= 0.3 is 6.03 Å². The zero-order valence-electron chi connectivity index (χ0n) is 15.1. The summed E-state index contributed by atoms with van der Waals surface area (Å²) < 4.78 is 5.66. The highest BCUT2D eigenvalue weighted by Gasteiger charge is 2.46. The van der Waals surface area contributed by atoms with Crippen molar-refractivity contribution in [3.8, 4) is 0 Å². The van der Waals surface area contributed by atoms with E-state index < -0.39 is 17.5 Å². The number of urea groups is 1. The van der Waals surface area contributed by atoms with E-state index in [4.69, 9.17) is 4.74 Å². The number of imide groups is 1. The second-order valence-electron chi connectivity index (χ2n) is 7.13. The molecule has 26 heavy (non-hydrogen) atoms. The first-order valence-electron chi connectivity index (χ1n) is 8.80. The lowest BCUT2D eigenvalue weighted by Crippen LogP contribution is -2.50. The lowest BCUT2D eigenvalue weighted by molar-refractivity contribution is -0.135. The fourth-order valence-corrected chi connectivity index (χ4v) is 3.17. The number of pyridine rings is 1. The standard InChI is InChI=1S/C18H24N4O4/c1-18(2)16(24)20-17(25)22(18)12-15(23)21(11-14-7-5-9-26-14)10-13-6-3-4-8-19-13/h3-4,6,8,14H,5,7,9-12H2,1-2H3,(H,20,24,25)/t14-/m0/s1. The topological polar surface area (TPSA) is 91.8 Å². The molecule has 0 radical (unpaired) electrons. The Morgan fingerprint density at radius 3 is 2.81 bits per heavy atom. The van der Waals surface area contributed by atoms with E-state index >= 15 is 0 Å². The Morgan fingerprint density at radius 2 is 2.23 bits per heavy atom. The highest BCUT2D eigenvalue weighted by Crippen LogP contribution is 2.21. The number of nitrogens with zero attached hydrogens (tertiary/aromatic N) is 3. The van der Waals surface area contributed by atoms with E-state index in [0.29, 0.717) is 19.7 Å². The predicted molar refractivity (Wildman–Crippen MR) is 93.0 cm³/mol. The second kappa shape index (κ2) is 7.41. The van der Waals surface area contributed by atoms with Crippen LogP contribution in [-0.4, -0.2) is 64.0 Å². The summed E-state index contributed by atoms with van der Waals surface area (Å²) in [6, 6.07) is 5.00. The number of amides is 4. The number of carbonyl (C=O) groups is 3. The van der Waals surface area contributed by atoms with E-state index in [1.54, 1.807) is 24.9 Å². The second-order valence-corrected chi connectivity index (χ2v) is 7.13. The number of carbonyl (C=O) groups excluding carboxylic acids is 3. The number of hydrogen-bond donors (Lipinski definition) is 1. The van der Waals surface area contributed by atoms with Crippen molar-refractivity contribution in [3.05, 3.63) is 30.1 Å². The molecule has 3 rings (SSSR count). The Morgan fingerprint density at radius 1 is 1.42 bits per heavy atom. The van der Waals surface area contributed by atoms with Gasteiger partial charge in [-0.2, -0.15) is 0 Å². The van der Waals surface area contributed by atoms with Crippen molar-refractivity contribution >= 4 is 17.8 Å². The van der Waals surface area contributed by atoms with Gasteiger partial charge in [-0.05, 0) is 38.8 Å². The molecule has 3 heterocycles. The molecule has 0 bridgehead atoms. The smallest absolute Gasteiger partial charge is 0.325 e. The van der Waals surface area contributed by atoms with Gasteiger partial charge in [0.05, 0.1) is 18.3 Å². The van der Waals surface area contributed by atoms with Crippen LogP contribution in [0.4, 0.5) is 4.79 Å². The van der Waals surface area contributed by atoms with Crippen molar-refractivity contribution in [1.82, 2.24) is 20.1 Å². The van der Waals surface area contributed by atoms with Crippen LogP contribution >= 0.6 is 0 Å². The van der Waals surface area contributed by atoms with Crippen LogP contribution in [0.1, 0.15) is 32.4 Å². The van der Waals surface area contributed by atoms with Gasteiger partial charge in [0.15, 0.2) is 0 Å². The van der Waals surface area contributed by atoms with Crippen LogP contribution in [-0.2, 0) is 20.9 Å². The summed E-state index contributed by atoms with van der Waals surface area (Å²) in [6.45, 7) is 4.58. The molecule has 2 aliphatic heterocycles. The van der Waals surface area contributed by atoms with Gasteiger partial charge in [-0.1, -0.05) is 6.07 Å². The zero-order valence-corrected chi connectivity index (χ0v) is 15.1. The number of nitrogens with one attached hydrogen (secondary N) is 1. The molecular formula is C18H24N4O4. The Bertz CT molecular complexity index is 686. The van der Waals surface area contributed by atoms with Crippen molar-refractivity contribution in [3.63, 3.8) is 0 Å². The Hall–Kier alpha value is -2.48. The average molecular weight is 360 g/mol. The highest BCUT2D eigenvalue weighted by atomic mass is 16.5. The predicted octanol–water partition coefficient (Wildman–Crippen LogP) is 0.920. The number of ether oxygens (including phenoxy) is 1. The molecule has 1 atom stereocenters. The number of aromatic nitrogens is 1. The van der Waals surface area contributed by atoms with E-state index in [-0.39, 0.29) is 18.6 Å². The molecule has 8 heteroatoms. The average Bonchev–Trinajstić information content (AvgIpc) is 3.18. The van der Waals surface area contributed by atoms with Crippen molar-refractivity contribution in [2.24, 2.45) is 0 Å². The molecular weight excluding hydrogens is 336 g/mol. The van der Waals surface area contributed by atoms with Crippen molar-refractivity contribution in [2.75, 3.05) is 19.7 Å². The van der Waals surface area contributed by atoms with Gasteiger partial charge in [0.2, 0.25) is 5.91 Å². The third kappa shape index (κ3) is 3.85. The quantitative estimate of drug-likeness (QED) is 0.762. The van der Waals surface area contributed by atoms with Gasteiger partial charge in [0.25, 0.3) is 5.91 Å². The minimum absolute atomic E-state index is 0.00953. The van der Waals surface area contributed by atoms with E-state index in [1.165, 1.54) is 4.90 Å². The normalized spacial score (nSPS) is 21.8. The maximum atomic E-state index is 12.9. The molecule has 0 aliphatic carbocycles. The highest BCUT2D eigenvalue weighted by molar-refractivity contribution is 6.07. The monoisotopic (exact) mass is 360 g/mol. The van der Waals surface area contributed by atoms with E-state index in [9.17, 15) is 14.4 Å². The molecule has 2 saturated heterocycles. The lowest BCUT2D eigenvalue weighted by atomic mass is 10.0. The molecule has 0 unspecified atom stereocenters. The number of hydrogen-bond acceptors (Lipinski definition) is 5. The molecule has 1 N–H and O–H groups in total. The van der Waals surface area contributed by atoms with Crippen LogP contribution in [0.3, 0.4) is 0 Å². The molecule has 8 nitrogen and oxygen atoms in total. The van der Waals surface area contributed by atoms with Gasteiger partial charge in [-0.3, -0.25) is 19.9 Å². The van der Waals surface area contributed by atoms with Gasteiger partial charge < -0.3 is 14.5 Å². The lowest BCUT2D eigenvalue weighted by Gasteiger charge is -2.31. The molecule has 140 valence electrons. The van der Waals surface area contributed by atoms with Crippen LogP contribution in [0.5, 0.6) is 0 Å². The van der Waals surface area contributed by atoms with Crippen molar-refractivity contribution < 1.29 is 19.1 Å². The van der Waals surface area contributed by atoms with E-state index in [2.05, 4.69) is 10.3 Å². The first-order valence-corrected chi connectivity index (χ1v) is 8.80. The maximum Gasteiger partial charge on any atom is 0.325 e. The van der Waals surface area contributed by atoms with Crippen LogP contribution < -0.4 is 5.32 Å². The van der Waals surface area contributed by atoms with Crippen molar-refractivity contribution in [1.29, 1.82) is 0 Å². The van der Waals surface area contributed by atoms with Crippen LogP contribution in [0, 0.1) is 0 Å². The van der Waals surface area contributed by atoms with Crippen LogP contribution in [0.15, 0.2) is 24.4 Å². The third-order valence-corrected chi connectivity index (χ3v) is 4.87. The molecule has 1 aromatic heterocycles. The summed E-state index contributed by atoms with van der Waals surface area (Å²) >= 11 is 0. The van der Waals surface area contributed by atoms with Gasteiger partial charge in [0, 0.05) is 19.3 Å². The summed E-state index contributed by atoms with van der Waals surface area (Å²) in [5.74, 6) is -0.630. The summed E-state index contributed by atoms with van der Waals surface area (Å²) in [6.07, 6.45) is 3.55. The minimum Gasteiger partial charge on any atom is -0.376 e. The largest absolute Gasteiger partial charge is 0.376 e. The number of rotatable bonds is 6. The van der Waals surface area contributed by atoms with Crippen LogP contribution in [0.2, 0.25) is 0 Å². The molecule has 4 amide bonds. The third-order valence-electron chi connectivity index (χ3n) is 4.87. The molecule has 2 aliphatic rings. The SMILES string of the molecule is CC1(C)C(=O)NC(=O)N1CC(=O)N(Cc1ccccn1)C[C@@H]1CCCO1. The summed E-state index contributed by atoms with van der Waals surface area (Å²) in [5, 5.41) is 2.26. The Labute approximate surface area is 152 Å². The fraction of sp³-hybridized carbons (Fsp3) is 0.556. The van der Waals surface area contributed by atoms with Crippen molar-refractivity contribution in [2.45, 2.75) is 44.9 Å². The van der Waals surface area contributed by atoms with Gasteiger partial charge in [0.1, 0.15) is 12.1 Å². The maximum absolute atomic E-state index is 12.9. The van der Waals surface area contributed by atoms with Gasteiger partial charge in [-0.15, -0.1) is 0 Å². The minimum atomic E-state index is -1.05. The molecule has 2 fully saturated rings. The first-order chi connectivity index (χ1) is 12.4. The fourth-order valence-electron chi connectivity index (χ4n) is 3.17. The Kier molecular flexibility index (Phi) is 5.22. The molecule has 0 spiro atoms. The molecule has 1 aromatic rings. The van der Waals surface area contributed by atoms with Crippen LogP contribution in [0.25, 0.3) is 0 Å². The Balaban J connectivity index is 1.73. The summed E-state index contributed by atoms with van der Waals surface area (Å²) in [5.41, 5.74) is -0.284. The van der Waals surface area contributed by atoms with Gasteiger partial charge in [-0.25, -0.2) is 4.79 Å². The van der Waals surface area contributed by atoms with E-state index in [1.807, 2.05) is 18.2 Å². The first kappa shape index (κ1) is 18.3. The molecule has 0 saturated carbocycles. The summed E-state index contributed by atoms with van der Waals surface area (Å²) in [4.78, 5) is 44.1. The zero-order chi connectivity index (χ0) is 18.7. The summed E-state index contributed by atoms with van der Waals surface area (Å²) in [7, 11) is 0. The van der Waals surface area contributed by atoms with E-state index in [0.717, 1.165) is 18.5 Å².